The van der Waals surface area contributed by atoms with Gasteiger partial charge >= 0.3 is 0 Å². The first-order valence-corrected chi connectivity index (χ1v) is 5.83. The minimum atomic E-state index is -0.241. The first kappa shape index (κ1) is 13.0. The average molecular weight is 223 g/mol. The van der Waals surface area contributed by atoms with Gasteiger partial charge in [0.2, 0.25) is 0 Å². The van der Waals surface area contributed by atoms with Crippen molar-refractivity contribution < 1.29 is 5.21 Å². The molecule has 0 bridgehead atoms. The number of oxime groups is 1. The van der Waals surface area contributed by atoms with E-state index in [0.29, 0.717) is 5.92 Å². The largest absolute Gasteiger partial charge is 0.411 e. The average Bonchev–Trinajstić information content (AvgIpc) is 2.27. The fraction of sp³-hybridized carbons (Fsp3) is 0.833. The summed E-state index contributed by atoms with van der Waals surface area (Å²) in [7, 11) is 0. The Morgan fingerprint density at radius 2 is 2.31 bits per heavy atom. The van der Waals surface area contributed by atoms with Crippen LogP contribution in [0.5, 0.6) is 0 Å². The Morgan fingerprint density at radius 3 is 2.81 bits per heavy atom. The molecule has 1 aliphatic rings. The summed E-state index contributed by atoms with van der Waals surface area (Å²) in [5.74, 6) is 0.323. The third-order valence-corrected chi connectivity index (χ3v) is 3.27. The van der Waals surface area contributed by atoms with Crippen molar-refractivity contribution in [1.29, 1.82) is 5.26 Å². The van der Waals surface area contributed by atoms with Gasteiger partial charge in [0, 0.05) is 25.4 Å². The Labute approximate surface area is 97.5 Å². The van der Waals surface area contributed by atoms with Crippen LogP contribution in [0.3, 0.4) is 0 Å². The molecule has 0 aromatic heterocycles. The van der Waals surface area contributed by atoms with Gasteiger partial charge in [0.05, 0.1) is 17.2 Å². The second-order valence-electron chi connectivity index (χ2n) is 5.29. The molecule has 1 aliphatic heterocycles. The molecule has 1 unspecified atom stereocenters. The van der Waals surface area contributed by atoms with Gasteiger partial charge in [-0.2, -0.15) is 5.26 Å². The van der Waals surface area contributed by atoms with E-state index in [0.717, 1.165) is 38.2 Å². The lowest BCUT2D eigenvalue weighted by molar-refractivity contribution is 0.214. The first-order chi connectivity index (χ1) is 7.48. The minimum absolute atomic E-state index is 0.241. The van der Waals surface area contributed by atoms with Crippen molar-refractivity contribution in [2.45, 2.75) is 33.6 Å². The fourth-order valence-corrected chi connectivity index (χ4v) is 1.95. The summed E-state index contributed by atoms with van der Waals surface area (Å²) < 4.78 is 0. The highest BCUT2D eigenvalue weighted by molar-refractivity contribution is 5.86. The van der Waals surface area contributed by atoms with Crippen LogP contribution in [-0.2, 0) is 0 Å². The van der Waals surface area contributed by atoms with Crippen molar-refractivity contribution in [3.05, 3.63) is 0 Å². The quantitative estimate of drug-likeness (QED) is 0.588. The van der Waals surface area contributed by atoms with Crippen molar-refractivity contribution in [1.82, 2.24) is 4.90 Å². The van der Waals surface area contributed by atoms with Crippen LogP contribution in [0.1, 0.15) is 33.6 Å². The normalized spacial score (nSPS) is 25.6. The van der Waals surface area contributed by atoms with Gasteiger partial charge in [-0.3, -0.25) is 0 Å². The molecule has 0 aromatic carbocycles. The fourth-order valence-electron chi connectivity index (χ4n) is 1.95. The highest BCUT2D eigenvalue weighted by Gasteiger charge is 2.24. The van der Waals surface area contributed by atoms with Gasteiger partial charge in [0.1, 0.15) is 0 Å². The summed E-state index contributed by atoms with van der Waals surface area (Å²) >= 11 is 0. The van der Waals surface area contributed by atoms with Crippen LogP contribution in [-0.4, -0.2) is 35.5 Å². The topological polar surface area (TPSA) is 59.6 Å². The van der Waals surface area contributed by atoms with E-state index in [4.69, 9.17) is 10.5 Å². The number of nitrogens with zero attached hydrogens (tertiary/aromatic N) is 3. The predicted molar refractivity (Wildman–Crippen MR) is 63.5 cm³/mol. The van der Waals surface area contributed by atoms with Crippen molar-refractivity contribution in [3.8, 4) is 6.07 Å². The Bertz CT molecular complexity index is 304. The third kappa shape index (κ3) is 3.49. The zero-order chi connectivity index (χ0) is 12.2. The molecule has 0 radical (unpaired) electrons. The molecule has 1 fully saturated rings. The van der Waals surface area contributed by atoms with Gasteiger partial charge in [-0.25, -0.2) is 0 Å². The molecule has 1 heterocycles. The maximum atomic E-state index is 8.93. The number of hydrogen-bond donors (Lipinski definition) is 1. The number of rotatable bonds is 3. The SMILES string of the molecule is CC1CN(CCC(C)(C)C#N)CCC1=NO. The molecule has 4 heteroatoms. The van der Waals surface area contributed by atoms with E-state index < -0.39 is 0 Å². The van der Waals surface area contributed by atoms with Crippen molar-refractivity contribution >= 4 is 5.71 Å². The summed E-state index contributed by atoms with van der Waals surface area (Å²) in [5.41, 5.74) is 0.657. The summed E-state index contributed by atoms with van der Waals surface area (Å²) in [6.45, 7) is 8.84. The number of piperidine rings is 1. The van der Waals surface area contributed by atoms with E-state index in [2.05, 4.69) is 23.0 Å². The lowest BCUT2D eigenvalue weighted by Gasteiger charge is -2.32. The second kappa shape index (κ2) is 5.31. The molecule has 16 heavy (non-hydrogen) atoms. The van der Waals surface area contributed by atoms with Crippen molar-refractivity contribution in [3.63, 3.8) is 0 Å². The molecule has 90 valence electrons. The Morgan fingerprint density at radius 1 is 1.62 bits per heavy atom. The highest BCUT2D eigenvalue weighted by atomic mass is 16.4. The summed E-state index contributed by atoms with van der Waals surface area (Å²) in [6.07, 6.45) is 1.73. The lowest BCUT2D eigenvalue weighted by atomic mass is 9.90. The summed E-state index contributed by atoms with van der Waals surface area (Å²) in [6, 6.07) is 2.32. The van der Waals surface area contributed by atoms with E-state index in [1.807, 2.05) is 13.8 Å². The Balaban J connectivity index is 2.40. The first-order valence-electron chi connectivity index (χ1n) is 5.83. The zero-order valence-corrected chi connectivity index (χ0v) is 10.4. The van der Waals surface area contributed by atoms with Gasteiger partial charge in [-0.15, -0.1) is 0 Å². The molecule has 1 N–H and O–H groups in total. The maximum Gasteiger partial charge on any atom is 0.0684 e. The van der Waals surface area contributed by atoms with Gasteiger partial charge < -0.3 is 10.1 Å². The van der Waals surface area contributed by atoms with Crippen LogP contribution in [0.25, 0.3) is 0 Å². The molecule has 0 saturated carbocycles. The van der Waals surface area contributed by atoms with Gasteiger partial charge in [0.25, 0.3) is 0 Å². The van der Waals surface area contributed by atoms with Crippen LogP contribution < -0.4 is 0 Å². The molecule has 0 amide bonds. The van der Waals surface area contributed by atoms with E-state index in [9.17, 15) is 0 Å². The highest BCUT2D eigenvalue weighted by Crippen LogP contribution is 2.21. The maximum absolute atomic E-state index is 8.93. The predicted octanol–water partition coefficient (Wildman–Crippen LogP) is 2.10. The molecule has 1 saturated heterocycles. The van der Waals surface area contributed by atoms with Crippen LogP contribution in [0.2, 0.25) is 0 Å². The zero-order valence-electron chi connectivity index (χ0n) is 10.4. The second-order valence-corrected chi connectivity index (χ2v) is 5.29. The van der Waals surface area contributed by atoms with E-state index in [1.54, 1.807) is 0 Å². The molecule has 4 nitrogen and oxygen atoms in total. The molecule has 0 aromatic rings. The molecular weight excluding hydrogens is 202 g/mol. The van der Waals surface area contributed by atoms with Crippen molar-refractivity contribution in [2.75, 3.05) is 19.6 Å². The number of likely N-dealkylation sites (tertiary alicyclic amines) is 1. The molecule has 1 atom stereocenters. The number of hydrogen-bond acceptors (Lipinski definition) is 4. The van der Waals surface area contributed by atoms with Crippen molar-refractivity contribution in [2.24, 2.45) is 16.5 Å². The van der Waals surface area contributed by atoms with E-state index >= 15 is 0 Å². The Hall–Kier alpha value is -1.08. The van der Waals surface area contributed by atoms with Gasteiger partial charge in [0.15, 0.2) is 0 Å². The monoisotopic (exact) mass is 223 g/mol. The minimum Gasteiger partial charge on any atom is -0.411 e. The van der Waals surface area contributed by atoms with Crippen LogP contribution in [0, 0.1) is 22.7 Å². The summed E-state index contributed by atoms with van der Waals surface area (Å²) in [5, 5.41) is 21.0. The molecule has 0 spiro atoms. The van der Waals surface area contributed by atoms with Crippen LogP contribution in [0.4, 0.5) is 0 Å². The number of nitriles is 1. The van der Waals surface area contributed by atoms with Crippen LogP contribution in [0.15, 0.2) is 5.16 Å². The van der Waals surface area contributed by atoms with E-state index in [-0.39, 0.29) is 5.41 Å². The van der Waals surface area contributed by atoms with Crippen LogP contribution >= 0.6 is 0 Å². The standard InChI is InChI=1S/C12H21N3O/c1-10-8-15(6-4-11(10)14-16)7-5-12(2,3)9-13/h10,16H,4-8H2,1-3H3. The van der Waals surface area contributed by atoms with Gasteiger partial charge in [-0.05, 0) is 26.8 Å². The molecule has 1 rings (SSSR count). The Kier molecular flexibility index (Phi) is 4.31. The van der Waals surface area contributed by atoms with Gasteiger partial charge in [-0.1, -0.05) is 12.1 Å². The smallest absolute Gasteiger partial charge is 0.0684 e. The third-order valence-electron chi connectivity index (χ3n) is 3.27. The molecular formula is C12H21N3O. The molecule has 0 aliphatic carbocycles. The lowest BCUT2D eigenvalue weighted by Crippen LogP contribution is -2.41. The van der Waals surface area contributed by atoms with E-state index in [1.165, 1.54) is 0 Å². The summed E-state index contributed by atoms with van der Waals surface area (Å²) in [4.78, 5) is 2.35.